The van der Waals surface area contributed by atoms with Crippen LogP contribution < -0.4 is 11.1 Å². The second kappa shape index (κ2) is 7.80. The van der Waals surface area contributed by atoms with E-state index in [1.54, 1.807) is 0 Å². The van der Waals surface area contributed by atoms with Gasteiger partial charge in [0.25, 0.3) is 0 Å². The molecule has 14 heavy (non-hydrogen) atoms. The summed E-state index contributed by atoms with van der Waals surface area (Å²) in [5.74, 6) is 0.0969. The highest BCUT2D eigenvalue weighted by Gasteiger charge is 2.11. The molecular formula is C11H24N2O. The SMILES string of the molecule is CCCC(CC)NC(=O)CC(N)CC. The molecule has 2 atom stereocenters. The Kier molecular flexibility index (Phi) is 7.48. The van der Waals surface area contributed by atoms with Crippen LogP contribution in [0.5, 0.6) is 0 Å². The lowest BCUT2D eigenvalue weighted by molar-refractivity contribution is -0.122. The number of carbonyl (C=O) groups is 1. The lowest BCUT2D eigenvalue weighted by Crippen LogP contribution is -2.37. The van der Waals surface area contributed by atoms with Crippen molar-refractivity contribution in [2.24, 2.45) is 5.73 Å². The smallest absolute Gasteiger partial charge is 0.221 e. The number of carbonyl (C=O) groups excluding carboxylic acids is 1. The van der Waals surface area contributed by atoms with Crippen molar-refractivity contribution in [1.29, 1.82) is 0 Å². The molecule has 0 bridgehead atoms. The van der Waals surface area contributed by atoms with E-state index in [4.69, 9.17) is 5.73 Å². The maximum absolute atomic E-state index is 11.5. The molecule has 0 heterocycles. The van der Waals surface area contributed by atoms with Crippen molar-refractivity contribution in [2.75, 3.05) is 0 Å². The summed E-state index contributed by atoms with van der Waals surface area (Å²) in [5.41, 5.74) is 5.70. The largest absolute Gasteiger partial charge is 0.353 e. The van der Waals surface area contributed by atoms with Gasteiger partial charge in [0.05, 0.1) is 0 Å². The van der Waals surface area contributed by atoms with Crippen molar-refractivity contribution >= 4 is 5.91 Å². The molecule has 3 nitrogen and oxygen atoms in total. The van der Waals surface area contributed by atoms with Gasteiger partial charge in [-0.1, -0.05) is 27.2 Å². The number of nitrogens with one attached hydrogen (secondary N) is 1. The zero-order valence-electron chi connectivity index (χ0n) is 9.68. The van der Waals surface area contributed by atoms with Crippen LogP contribution in [0.25, 0.3) is 0 Å². The fourth-order valence-electron chi connectivity index (χ4n) is 1.40. The topological polar surface area (TPSA) is 55.1 Å². The van der Waals surface area contributed by atoms with E-state index in [1.165, 1.54) is 0 Å². The van der Waals surface area contributed by atoms with Crippen LogP contribution in [0.4, 0.5) is 0 Å². The maximum Gasteiger partial charge on any atom is 0.221 e. The molecule has 0 aliphatic rings. The van der Waals surface area contributed by atoms with Gasteiger partial charge >= 0.3 is 0 Å². The molecule has 0 aliphatic heterocycles. The molecule has 0 saturated heterocycles. The number of hydrogen-bond donors (Lipinski definition) is 2. The lowest BCUT2D eigenvalue weighted by atomic mass is 10.1. The van der Waals surface area contributed by atoms with Crippen LogP contribution >= 0.6 is 0 Å². The molecule has 0 spiro atoms. The van der Waals surface area contributed by atoms with Gasteiger partial charge in [-0.25, -0.2) is 0 Å². The third kappa shape index (κ3) is 5.97. The Bertz CT molecular complexity index is 159. The van der Waals surface area contributed by atoms with Gasteiger partial charge in [0.1, 0.15) is 0 Å². The second-order valence-corrected chi connectivity index (χ2v) is 3.83. The summed E-state index contributed by atoms with van der Waals surface area (Å²) in [7, 11) is 0. The first-order valence-electron chi connectivity index (χ1n) is 5.68. The number of nitrogens with two attached hydrogens (primary N) is 1. The summed E-state index contributed by atoms with van der Waals surface area (Å²) >= 11 is 0. The number of amides is 1. The molecule has 2 unspecified atom stereocenters. The molecule has 0 aromatic carbocycles. The average molecular weight is 200 g/mol. The minimum Gasteiger partial charge on any atom is -0.353 e. The highest BCUT2D eigenvalue weighted by molar-refractivity contribution is 5.76. The van der Waals surface area contributed by atoms with Crippen molar-refractivity contribution < 1.29 is 4.79 Å². The highest BCUT2D eigenvalue weighted by atomic mass is 16.1. The zero-order valence-corrected chi connectivity index (χ0v) is 9.68. The van der Waals surface area contributed by atoms with E-state index in [1.807, 2.05) is 6.92 Å². The van der Waals surface area contributed by atoms with Gasteiger partial charge in [0.2, 0.25) is 5.91 Å². The van der Waals surface area contributed by atoms with E-state index in [0.29, 0.717) is 12.5 Å². The third-order valence-corrected chi connectivity index (χ3v) is 2.47. The first kappa shape index (κ1) is 13.4. The minimum atomic E-state index is 0.00846. The molecule has 0 fully saturated rings. The molecule has 0 aromatic rings. The van der Waals surface area contributed by atoms with Crippen LogP contribution in [-0.2, 0) is 4.79 Å². The Morgan fingerprint density at radius 2 is 1.93 bits per heavy atom. The van der Waals surface area contributed by atoms with E-state index in [-0.39, 0.29) is 11.9 Å². The molecule has 3 N–H and O–H groups in total. The Balaban J connectivity index is 3.78. The van der Waals surface area contributed by atoms with Gasteiger partial charge in [-0.05, 0) is 19.3 Å². The van der Waals surface area contributed by atoms with Crippen molar-refractivity contribution in [1.82, 2.24) is 5.32 Å². The van der Waals surface area contributed by atoms with Crippen molar-refractivity contribution in [3.05, 3.63) is 0 Å². The Morgan fingerprint density at radius 3 is 2.36 bits per heavy atom. The summed E-state index contributed by atoms with van der Waals surface area (Å²) in [6.07, 6.45) is 4.48. The van der Waals surface area contributed by atoms with E-state index in [2.05, 4.69) is 19.2 Å². The van der Waals surface area contributed by atoms with E-state index in [0.717, 1.165) is 25.7 Å². The van der Waals surface area contributed by atoms with Gasteiger partial charge in [0, 0.05) is 18.5 Å². The summed E-state index contributed by atoms with van der Waals surface area (Å²) < 4.78 is 0. The van der Waals surface area contributed by atoms with Gasteiger partial charge in [0.15, 0.2) is 0 Å². The van der Waals surface area contributed by atoms with Gasteiger partial charge in [-0.3, -0.25) is 4.79 Å². The summed E-state index contributed by atoms with van der Waals surface area (Å²) in [6, 6.07) is 0.339. The molecule has 1 amide bonds. The molecule has 84 valence electrons. The Hall–Kier alpha value is -0.570. The van der Waals surface area contributed by atoms with Crippen LogP contribution in [0, 0.1) is 0 Å². The van der Waals surface area contributed by atoms with Crippen LogP contribution in [0.1, 0.15) is 52.9 Å². The first-order chi connectivity index (χ1) is 6.63. The monoisotopic (exact) mass is 200 g/mol. The normalized spacial score (nSPS) is 14.9. The standard InChI is InChI=1S/C11H24N2O/c1-4-7-10(6-3)13-11(14)8-9(12)5-2/h9-10H,4-8,12H2,1-3H3,(H,13,14). The Morgan fingerprint density at radius 1 is 1.29 bits per heavy atom. The van der Waals surface area contributed by atoms with Crippen LogP contribution in [0.2, 0.25) is 0 Å². The molecule has 0 aliphatic carbocycles. The Labute approximate surface area is 87.4 Å². The fraction of sp³-hybridized carbons (Fsp3) is 0.909. The molecule has 3 heteroatoms. The molecular weight excluding hydrogens is 176 g/mol. The second-order valence-electron chi connectivity index (χ2n) is 3.83. The van der Waals surface area contributed by atoms with E-state index >= 15 is 0 Å². The van der Waals surface area contributed by atoms with Gasteiger partial charge in [-0.15, -0.1) is 0 Å². The predicted molar refractivity (Wildman–Crippen MR) is 60.0 cm³/mol. The molecule has 0 rings (SSSR count). The average Bonchev–Trinajstić information content (AvgIpc) is 2.16. The molecule has 0 radical (unpaired) electrons. The van der Waals surface area contributed by atoms with Crippen LogP contribution in [0.15, 0.2) is 0 Å². The number of hydrogen-bond acceptors (Lipinski definition) is 2. The first-order valence-corrected chi connectivity index (χ1v) is 5.68. The fourth-order valence-corrected chi connectivity index (χ4v) is 1.40. The molecule has 0 aromatic heterocycles. The summed E-state index contributed by atoms with van der Waals surface area (Å²) in [6.45, 7) is 6.23. The van der Waals surface area contributed by atoms with Crippen LogP contribution in [0.3, 0.4) is 0 Å². The van der Waals surface area contributed by atoms with Crippen molar-refractivity contribution in [2.45, 2.75) is 65.0 Å². The number of rotatable bonds is 7. The van der Waals surface area contributed by atoms with Gasteiger partial charge in [-0.2, -0.15) is 0 Å². The summed E-state index contributed by atoms with van der Waals surface area (Å²) in [4.78, 5) is 11.5. The van der Waals surface area contributed by atoms with E-state index < -0.39 is 0 Å². The minimum absolute atomic E-state index is 0.00846. The quantitative estimate of drug-likeness (QED) is 0.658. The predicted octanol–water partition coefficient (Wildman–Crippen LogP) is 1.81. The summed E-state index contributed by atoms with van der Waals surface area (Å²) in [5, 5.41) is 3.01. The third-order valence-electron chi connectivity index (χ3n) is 2.47. The van der Waals surface area contributed by atoms with E-state index in [9.17, 15) is 4.79 Å². The van der Waals surface area contributed by atoms with Gasteiger partial charge < -0.3 is 11.1 Å². The van der Waals surface area contributed by atoms with Crippen molar-refractivity contribution in [3.63, 3.8) is 0 Å². The molecule has 0 saturated carbocycles. The highest BCUT2D eigenvalue weighted by Crippen LogP contribution is 2.02. The van der Waals surface area contributed by atoms with Crippen molar-refractivity contribution in [3.8, 4) is 0 Å². The van der Waals surface area contributed by atoms with Crippen LogP contribution in [-0.4, -0.2) is 18.0 Å². The maximum atomic E-state index is 11.5. The lowest BCUT2D eigenvalue weighted by Gasteiger charge is -2.17. The zero-order chi connectivity index (χ0) is 11.0.